The molecular weight excluding hydrogens is 404 g/mol. The van der Waals surface area contributed by atoms with Crippen LogP contribution in [0.15, 0.2) is 54.6 Å². The van der Waals surface area contributed by atoms with Gasteiger partial charge in [-0.3, -0.25) is 9.59 Å². The molecule has 0 bridgehead atoms. The Morgan fingerprint density at radius 3 is 2.31 bits per heavy atom. The highest BCUT2D eigenvalue weighted by Gasteiger charge is 2.29. The minimum atomic E-state index is -0.706. The lowest BCUT2D eigenvalue weighted by atomic mass is 10.1. The van der Waals surface area contributed by atoms with Crippen LogP contribution in [0, 0.1) is 0 Å². The Balaban J connectivity index is 1.44. The largest absolute Gasteiger partial charge is 0.352 e. The van der Waals surface area contributed by atoms with E-state index in [9.17, 15) is 14.4 Å². The maximum atomic E-state index is 13.0. The third-order valence-electron chi connectivity index (χ3n) is 5.88. The van der Waals surface area contributed by atoms with E-state index in [1.165, 1.54) is 0 Å². The van der Waals surface area contributed by atoms with Crippen molar-refractivity contribution in [2.75, 3.05) is 18.4 Å². The lowest BCUT2D eigenvalue weighted by molar-refractivity contribution is -0.123. The van der Waals surface area contributed by atoms with Crippen LogP contribution in [-0.4, -0.2) is 47.9 Å². The zero-order valence-electron chi connectivity index (χ0n) is 18.2. The molecular formula is C25H30N4O3. The maximum Gasteiger partial charge on any atom is 0.319 e. The van der Waals surface area contributed by atoms with Gasteiger partial charge in [-0.1, -0.05) is 42.5 Å². The Hall–Kier alpha value is -3.35. The molecule has 168 valence electrons. The molecule has 1 unspecified atom stereocenters. The van der Waals surface area contributed by atoms with Crippen LogP contribution in [0.5, 0.6) is 0 Å². The number of carbonyl (C=O) groups is 3. The second-order valence-corrected chi connectivity index (χ2v) is 8.52. The van der Waals surface area contributed by atoms with Gasteiger partial charge < -0.3 is 20.9 Å². The summed E-state index contributed by atoms with van der Waals surface area (Å²) in [7, 11) is 0. The summed E-state index contributed by atoms with van der Waals surface area (Å²) in [6.45, 7) is 1.47. The van der Waals surface area contributed by atoms with Crippen molar-refractivity contribution in [2.45, 2.75) is 50.6 Å². The summed E-state index contributed by atoms with van der Waals surface area (Å²) in [5, 5.41) is 8.57. The summed E-state index contributed by atoms with van der Waals surface area (Å²) in [5.74, 6) is -0.267. The minimum absolute atomic E-state index is 0.0760. The number of benzene rings is 2. The molecule has 32 heavy (non-hydrogen) atoms. The van der Waals surface area contributed by atoms with Crippen molar-refractivity contribution in [3.63, 3.8) is 0 Å². The molecule has 0 spiro atoms. The summed E-state index contributed by atoms with van der Waals surface area (Å²) >= 11 is 0. The first-order valence-electron chi connectivity index (χ1n) is 11.4. The van der Waals surface area contributed by atoms with Gasteiger partial charge in [-0.05, 0) is 49.8 Å². The van der Waals surface area contributed by atoms with Gasteiger partial charge in [-0.15, -0.1) is 0 Å². The molecule has 1 saturated carbocycles. The highest BCUT2D eigenvalue weighted by Crippen LogP contribution is 2.21. The smallest absolute Gasteiger partial charge is 0.319 e. The molecule has 2 aromatic rings. The number of piperidine rings is 1. The van der Waals surface area contributed by atoms with Crippen molar-refractivity contribution in [2.24, 2.45) is 0 Å². The fraction of sp³-hybridized carbons (Fsp3) is 0.400. The van der Waals surface area contributed by atoms with Crippen molar-refractivity contribution in [1.29, 1.82) is 0 Å². The molecule has 1 saturated heterocycles. The van der Waals surface area contributed by atoms with E-state index in [2.05, 4.69) is 16.0 Å². The number of amides is 4. The summed E-state index contributed by atoms with van der Waals surface area (Å²) < 4.78 is 0. The van der Waals surface area contributed by atoms with E-state index >= 15 is 0 Å². The molecule has 1 aliphatic heterocycles. The van der Waals surface area contributed by atoms with E-state index in [1.807, 2.05) is 35.2 Å². The summed E-state index contributed by atoms with van der Waals surface area (Å²) in [6.07, 6.45) is 5.47. The number of nitrogens with zero attached hydrogens (tertiary/aromatic N) is 1. The Bertz CT molecular complexity index is 953. The van der Waals surface area contributed by atoms with Gasteiger partial charge in [0.1, 0.15) is 6.04 Å². The number of rotatable bonds is 7. The van der Waals surface area contributed by atoms with E-state index in [4.69, 9.17) is 0 Å². The van der Waals surface area contributed by atoms with E-state index < -0.39 is 12.1 Å². The van der Waals surface area contributed by atoms with E-state index in [0.717, 1.165) is 50.8 Å². The average molecular weight is 435 g/mol. The van der Waals surface area contributed by atoms with Gasteiger partial charge in [0.25, 0.3) is 5.91 Å². The zero-order chi connectivity index (χ0) is 22.3. The van der Waals surface area contributed by atoms with E-state index in [-0.39, 0.29) is 17.9 Å². The van der Waals surface area contributed by atoms with Crippen LogP contribution in [0.4, 0.5) is 10.5 Å². The predicted molar refractivity (Wildman–Crippen MR) is 123 cm³/mol. The number of carbonyl (C=O) groups excluding carboxylic acids is 3. The zero-order valence-corrected chi connectivity index (χ0v) is 18.2. The van der Waals surface area contributed by atoms with Gasteiger partial charge in [-0.2, -0.15) is 0 Å². The Labute approximate surface area is 188 Å². The number of urea groups is 1. The number of anilines is 1. The maximum absolute atomic E-state index is 13.0. The number of hydrogen-bond donors (Lipinski definition) is 3. The van der Waals surface area contributed by atoms with Crippen LogP contribution in [0.25, 0.3) is 0 Å². The molecule has 0 radical (unpaired) electrons. The number of nitrogens with one attached hydrogen (secondary N) is 3. The molecule has 2 fully saturated rings. The Morgan fingerprint density at radius 1 is 0.906 bits per heavy atom. The van der Waals surface area contributed by atoms with Crippen LogP contribution in [0.3, 0.4) is 0 Å². The van der Waals surface area contributed by atoms with Crippen LogP contribution in [-0.2, 0) is 11.2 Å². The van der Waals surface area contributed by atoms with Crippen molar-refractivity contribution < 1.29 is 14.4 Å². The Kier molecular flexibility index (Phi) is 7.04. The molecule has 1 aliphatic carbocycles. The third kappa shape index (κ3) is 5.87. The molecule has 0 aromatic heterocycles. The van der Waals surface area contributed by atoms with Crippen LogP contribution in [0.1, 0.15) is 48.0 Å². The Morgan fingerprint density at radius 2 is 1.59 bits per heavy atom. The third-order valence-corrected chi connectivity index (χ3v) is 5.88. The molecule has 1 heterocycles. The van der Waals surface area contributed by atoms with Gasteiger partial charge >= 0.3 is 6.03 Å². The minimum Gasteiger partial charge on any atom is -0.352 e. The average Bonchev–Trinajstić information content (AvgIpc) is 3.64. The SMILES string of the molecule is O=C(Nc1ccccc1C(=O)N1CCCCC1)NC(Cc1ccccc1)C(=O)NC1CC1. The fourth-order valence-electron chi connectivity index (χ4n) is 3.95. The predicted octanol–water partition coefficient (Wildman–Crippen LogP) is 3.32. The van der Waals surface area contributed by atoms with Gasteiger partial charge in [0.05, 0.1) is 11.3 Å². The van der Waals surface area contributed by atoms with Crippen LogP contribution < -0.4 is 16.0 Å². The van der Waals surface area contributed by atoms with Gasteiger partial charge in [-0.25, -0.2) is 4.79 Å². The fourth-order valence-corrected chi connectivity index (χ4v) is 3.95. The topological polar surface area (TPSA) is 90.5 Å². The van der Waals surface area contributed by atoms with Crippen LogP contribution >= 0.6 is 0 Å². The standard InChI is InChI=1S/C25H30N4O3/c30-23(26-19-13-14-19)22(17-18-9-3-1-4-10-18)28-25(32)27-21-12-6-5-11-20(21)24(31)29-15-7-2-8-16-29/h1,3-6,9-12,19,22H,2,7-8,13-17H2,(H,26,30)(H2,27,28,32). The molecule has 3 N–H and O–H groups in total. The highest BCUT2D eigenvalue weighted by atomic mass is 16.2. The van der Waals surface area contributed by atoms with Crippen molar-refractivity contribution in [3.05, 3.63) is 65.7 Å². The van der Waals surface area contributed by atoms with Crippen molar-refractivity contribution in [3.8, 4) is 0 Å². The first-order valence-corrected chi connectivity index (χ1v) is 11.4. The molecule has 2 aromatic carbocycles. The van der Waals surface area contributed by atoms with E-state index in [0.29, 0.717) is 17.7 Å². The molecule has 7 nitrogen and oxygen atoms in total. The van der Waals surface area contributed by atoms with E-state index in [1.54, 1.807) is 24.3 Å². The second-order valence-electron chi connectivity index (χ2n) is 8.52. The van der Waals surface area contributed by atoms with Gasteiger partial charge in [0, 0.05) is 25.6 Å². The monoisotopic (exact) mass is 434 g/mol. The van der Waals surface area contributed by atoms with Gasteiger partial charge in [0.2, 0.25) is 5.91 Å². The number of para-hydroxylation sites is 1. The molecule has 4 rings (SSSR count). The quantitative estimate of drug-likeness (QED) is 0.624. The molecule has 4 amide bonds. The lowest BCUT2D eigenvalue weighted by Crippen LogP contribution is -2.50. The highest BCUT2D eigenvalue weighted by molar-refractivity contribution is 6.04. The molecule has 7 heteroatoms. The van der Waals surface area contributed by atoms with Crippen molar-refractivity contribution in [1.82, 2.24) is 15.5 Å². The van der Waals surface area contributed by atoms with Gasteiger partial charge in [0.15, 0.2) is 0 Å². The summed E-state index contributed by atoms with van der Waals surface area (Å²) in [6, 6.07) is 15.6. The second kappa shape index (κ2) is 10.3. The normalized spacial score (nSPS) is 16.7. The van der Waals surface area contributed by atoms with Crippen LogP contribution in [0.2, 0.25) is 0 Å². The number of hydrogen-bond acceptors (Lipinski definition) is 3. The number of likely N-dealkylation sites (tertiary alicyclic amines) is 1. The molecule has 2 aliphatic rings. The summed E-state index contributed by atoms with van der Waals surface area (Å²) in [5.41, 5.74) is 1.87. The lowest BCUT2D eigenvalue weighted by Gasteiger charge is -2.27. The van der Waals surface area contributed by atoms with Crippen molar-refractivity contribution >= 4 is 23.5 Å². The first kappa shape index (κ1) is 21.9. The first-order chi connectivity index (χ1) is 15.6. The summed E-state index contributed by atoms with van der Waals surface area (Å²) in [4.78, 5) is 40.4. The molecule has 1 atom stereocenters.